The number of nitrogens with one attached hydrogen (secondary N) is 2. The van der Waals surface area contributed by atoms with Crippen LogP contribution < -0.4 is 10.6 Å². The number of carbonyl (C=O) groups is 2. The van der Waals surface area contributed by atoms with Crippen LogP contribution in [0.2, 0.25) is 0 Å². The Morgan fingerprint density at radius 2 is 1.62 bits per heavy atom. The van der Waals surface area contributed by atoms with E-state index in [-0.39, 0.29) is 17.5 Å². The van der Waals surface area contributed by atoms with E-state index in [1.807, 2.05) is 0 Å². The zero-order chi connectivity index (χ0) is 16.2. The van der Waals surface area contributed by atoms with Gasteiger partial charge in [0.25, 0.3) is 0 Å². The van der Waals surface area contributed by atoms with Crippen LogP contribution in [0.3, 0.4) is 0 Å². The van der Waals surface area contributed by atoms with Crippen molar-refractivity contribution in [1.29, 1.82) is 0 Å². The van der Waals surface area contributed by atoms with Gasteiger partial charge in [-0.1, -0.05) is 13.8 Å². The maximum absolute atomic E-state index is 12.4. The van der Waals surface area contributed by atoms with Crippen LogP contribution in [0.25, 0.3) is 0 Å². The van der Waals surface area contributed by atoms with Gasteiger partial charge in [-0.3, -0.25) is 9.59 Å². The summed E-state index contributed by atoms with van der Waals surface area (Å²) in [5.74, 6) is -0.973. The number of anilines is 1. The van der Waals surface area contributed by atoms with Crippen molar-refractivity contribution in [3.8, 4) is 0 Å². The number of carbonyl (C=O) groups excluding carboxylic acids is 2. The molecule has 7 heteroatoms. The topological polar surface area (TPSA) is 58.2 Å². The summed E-state index contributed by atoms with van der Waals surface area (Å²) in [6.07, 6.45) is -4.42. The zero-order valence-electron chi connectivity index (χ0n) is 11.9. The highest BCUT2D eigenvalue weighted by molar-refractivity contribution is 5.97. The van der Waals surface area contributed by atoms with Crippen LogP contribution in [0.1, 0.15) is 26.3 Å². The lowest BCUT2D eigenvalue weighted by atomic mass is 10.0. The van der Waals surface area contributed by atoms with Gasteiger partial charge in [0.2, 0.25) is 11.8 Å². The van der Waals surface area contributed by atoms with Gasteiger partial charge in [-0.05, 0) is 30.2 Å². The second-order valence-corrected chi connectivity index (χ2v) is 4.99. The van der Waals surface area contributed by atoms with Crippen molar-refractivity contribution in [3.05, 3.63) is 29.8 Å². The number of hydrogen-bond donors (Lipinski definition) is 2. The minimum absolute atomic E-state index is 0.150. The molecule has 0 saturated carbocycles. The number of hydrogen-bond acceptors (Lipinski definition) is 2. The molecule has 0 saturated heterocycles. The van der Waals surface area contributed by atoms with Gasteiger partial charge in [0.1, 0.15) is 6.04 Å². The SMILES string of the molecule is CC(=O)N[C@H](C(=O)Nc1ccc(C(F)(F)F)cc1)C(C)C. The Bertz CT molecular complexity index is 510. The van der Waals surface area contributed by atoms with Gasteiger partial charge in [0, 0.05) is 12.6 Å². The van der Waals surface area contributed by atoms with E-state index in [0.717, 1.165) is 12.1 Å². The summed E-state index contributed by atoms with van der Waals surface area (Å²) in [5.41, 5.74) is -0.549. The summed E-state index contributed by atoms with van der Waals surface area (Å²) in [4.78, 5) is 23.1. The Balaban J connectivity index is 2.79. The summed E-state index contributed by atoms with van der Waals surface area (Å²) in [6, 6.07) is 3.37. The van der Waals surface area contributed by atoms with Crippen molar-refractivity contribution in [2.45, 2.75) is 33.0 Å². The first-order valence-electron chi connectivity index (χ1n) is 6.36. The summed E-state index contributed by atoms with van der Waals surface area (Å²) < 4.78 is 37.3. The summed E-state index contributed by atoms with van der Waals surface area (Å²) in [5, 5.41) is 4.99. The van der Waals surface area contributed by atoms with Crippen molar-refractivity contribution in [2.75, 3.05) is 5.32 Å². The fourth-order valence-electron chi connectivity index (χ4n) is 1.72. The Morgan fingerprint density at radius 1 is 1.10 bits per heavy atom. The summed E-state index contributed by atoms with van der Waals surface area (Å²) in [7, 11) is 0. The lowest BCUT2D eigenvalue weighted by Crippen LogP contribution is -2.46. The fourth-order valence-corrected chi connectivity index (χ4v) is 1.72. The molecule has 4 nitrogen and oxygen atoms in total. The van der Waals surface area contributed by atoms with Crippen LogP contribution in [0.15, 0.2) is 24.3 Å². The third kappa shape index (κ3) is 5.09. The van der Waals surface area contributed by atoms with Crippen LogP contribution >= 0.6 is 0 Å². The van der Waals surface area contributed by atoms with Crippen LogP contribution in [-0.4, -0.2) is 17.9 Å². The number of halogens is 3. The molecule has 116 valence electrons. The lowest BCUT2D eigenvalue weighted by Gasteiger charge is -2.21. The molecule has 0 spiro atoms. The molecule has 0 aliphatic rings. The predicted molar refractivity (Wildman–Crippen MR) is 72.5 cm³/mol. The van der Waals surface area contributed by atoms with E-state index in [9.17, 15) is 22.8 Å². The van der Waals surface area contributed by atoms with E-state index in [2.05, 4.69) is 10.6 Å². The van der Waals surface area contributed by atoms with E-state index >= 15 is 0 Å². The van der Waals surface area contributed by atoms with Gasteiger partial charge in [-0.2, -0.15) is 13.2 Å². The van der Waals surface area contributed by atoms with Crippen molar-refractivity contribution < 1.29 is 22.8 Å². The zero-order valence-corrected chi connectivity index (χ0v) is 11.9. The van der Waals surface area contributed by atoms with Gasteiger partial charge in [-0.25, -0.2) is 0 Å². The van der Waals surface area contributed by atoms with Crippen molar-refractivity contribution in [1.82, 2.24) is 5.32 Å². The molecule has 2 N–H and O–H groups in total. The number of rotatable bonds is 4. The maximum Gasteiger partial charge on any atom is 0.416 e. The fraction of sp³-hybridized carbons (Fsp3) is 0.429. The average Bonchev–Trinajstić information content (AvgIpc) is 2.34. The van der Waals surface area contributed by atoms with Crippen LogP contribution in [0.4, 0.5) is 18.9 Å². The van der Waals surface area contributed by atoms with Gasteiger partial charge >= 0.3 is 6.18 Å². The predicted octanol–water partition coefficient (Wildman–Crippen LogP) is 2.80. The molecule has 0 fully saturated rings. The molecule has 0 radical (unpaired) electrons. The van der Waals surface area contributed by atoms with Crippen LogP contribution in [0.5, 0.6) is 0 Å². The monoisotopic (exact) mass is 302 g/mol. The highest BCUT2D eigenvalue weighted by atomic mass is 19.4. The smallest absolute Gasteiger partial charge is 0.344 e. The Kier molecular flexibility index (Phi) is 5.34. The molecule has 0 heterocycles. The largest absolute Gasteiger partial charge is 0.416 e. The summed E-state index contributed by atoms with van der Waals surface area (Å²) >= 11 is 0. The highest BCUT2D eigenvalue weighted by Gasteiger charge is 2.30. The molecule has 1 rings (SSSR count). The first kappa shape index (κ1) is 17.0. The normalized spacial score (nSPS) is 12.9. The second-order valence-electron chi connectivity index (χ2n) is 4.99. The third-order valence-corrected chi connectivity index (χ3v) is 2.79. The first-order valence-corrected chi connectivity index (χ1v) is 6.36. The molecule has 0 unspecified atom stereocenters. The van der Waals surface area contributed by atoms with E-state index in [4.69, 9.17) is 0 Å². The van der Waals surface area contributed by atoms with Gasteiger partial charge in [0.05, 0.1) is 5.56 Å². The molecule has 0 aliphatic carbocycles. The molecule has 21 heavy (non-hydrogen) atoms. The van der Waals surface area contributed by atoms with E-state index in [0.29, 0.717) is 0 Å². The van der Waals surface area contributed by atoms with Crippen LogP contribution in [-0.2, 0) is 15.8 Å². The van der Waals surface area contributed by atoms with Crippen LogP contribution in [0, 0.1) is 5.92 Å². The third-order valence-electron chi connectivity index (χ3n) is 2.79. The molecule has 0 bridgehead atoms. The molecule has 2 amide bonds. The summed E-state index contributed by atoms with van der Waals surface area (Å²) in [6.45, 7) is 4.81. The van der Waals surface area contributed by atoms with E-state index < -0.39 is 23.7 Å². The average molecular weight is 302 g/mol. The Hall–Kier alpha value is -2.05. The highest BCUT2D eigenvalue weighted by Crippen LogP contribution is 2.29. The quantitative estimate of drug-likeness (QED) is 0.898. The van der Waals surface area contributed by atoms with Gasteiger partial charge < -0.3 is 10.6 Å². The van der Waals surface area contributed by atoms with E-state index in [1.54, 1.807) is 13.8 Å². The van der Waals surface area contributed by atoms with Crippen molar-refractivity contribution >= 4 is 17.5 Å². The molecule has 1 aromatic rings. The minimum atomic E-state index is -4.42. The minimum Gasteiger partial charge on any atom is -0.344 e. The molecular formula is C14H17F3N2O2. The Labute approximate surface area is 120 Å². The Morgan fingerprint density at radius 3 is 2.00 bits per heavy atom. The van der Waals surface area contributed by atoms with E-state index in [1.165, 1.54) is 19.1 Å². The maximum atomic E-state index is 12.4. The van der Waals surface area contributed by atoms with Gasteiger partial charge in [-0.15, -0.1) is 0 Å². The molecule has 0 aromatic heterocycles. The van der Waals surface area contributed by atoms with Gasteiger partial charge in [0.15, 0.2) is 0 Å². The standard InChI is InChI=1S/C14H17F3N2O2/c1-8(2)12(18-9(3)20)13(21)19-11-6-4-10(5-7-11)14(15,16)17/h4-8,12H,1-3H3,(H,18,20)(H,19,21)/t12-/m0/s1. The molecule has 0 aliphatic heterocycles. The number of benzene rings is 1. The van der Waals surface area contributed by atoms with Crippen molar-refractivity contribution in [2.24, 2.45) is 5.92 Å². The lowest BCUT2D eigenvalue weighted by molar-refractivity contribution is -0.137. The first-order chi connectivity index (χ1) is 9.61. The van der Waals surface area contributed by atoms with Crippen molar-refractivity contribution in [3.63, 3.8) is 0 Å². The molecule has 1 atom stereocenters. The number of amides is 2. The molecular weight excluding hydrogens is 285 g/mol. The molecule has 1 aromatic carbocycles. The number of alkyl halides is 3. The second kappa shape index (κ2) is 6.60.